The number of rotatable bonds is 7. The number of sulfonamides is 1. The molecule has 0 aromatic heterocycles. The van der Waals surface area contributed by atoms with Crippen LogP contribution in [0.15, 0.2) is 46.2 Å². The van der Waals surface area contributed by atoms with E-state index in [1.807, 2.05) is 6.92 Å². The number of nitrogens with one attached hydrogen (secondary N) is 1. The number of hydrogen-bond acceptors (Lipinski definition) is 5. The molecule has 1 fully saturated rings. The maximum atomic E-state index is 12.9. The molecule has 1 aliphatic heterocycles. The smallest absolute Gasteiger partial charge is 0.243 e. The van der Waals surface area contributed by atoms with E-state index in [4.69, 9.17) is 4.74 Å². The Kier molecular flexibility index (Phi) is 7.57. The number of ether oxygens (including phenoxy) is 1. The van der Waals surface area contributed by atoms with Crippen molar-refractivity contribution in [2.45, 2.75) is 37.0 Å². The van der Waals surface area contributed by atoms with Crippen LogP contribution in [0.1, 0.15) is 23.1 Å². The second kappa shape index (κ2) is 9.96. The molecule has 3 rings (SSSR count). The first-order valence-electron chi connectivity index (χ1n) is 9.96. The van der Waals surface area contributed by atoms with E-state index in [0.717, 1.165) is 10.5 Å². The van der Waals surface area contributed by atoms with Gasteiger partial charge >= 0.3 is 0 Å². The molecule has 30 heavy (non-hydrogen) atoms. The summed E-state index contributed by atoms with van der Waals surface area (Å²) < 4.78 is 32.4. The largest absolute Gasteiger partial charge is 0.379 e. The van der Waals surface area contributed by atoms with Crippen LogP contribution in [0.5, 0.6) is 0 Å². The molecular formula is C22H28N2O4S2. The van der Waals surface area contributed by atoms with E-state index in [1.54, 1.807) is 30.0 Å². The number of amides is 1. The Labute approximate surface area is 183 Å². The number of carbonyl (C=O) groups is 1. The molecule has 2 aromatic rings. The van der Waals surface area contributed by atoms with Gasteiger partial charge in [0.05, 0.1) is 18.1 Å². The number of hydrogen-bond donors (Lipinski definition) is 1. The van der Waals surface area contributed by atoms with Crippen molar-refractivity contribution < 1.29 is 17.9 Å². The van der Waals surface area contributed by atoms with Gasteiger partial charge in [-0.3, -0.25) is 4.79 Å². The molecule has 0 radical (unpaired) electrons. The molecule has 162 valence electrons. The van der Waals surface area contributed by atoms with E-state index in [1.165, 1.54) is 15.4 Å². The van der Waals surface area contributed by atoms with E-state index in [-0.39, 0.29) is 10.8 Å². The van der Waals surface area contributed by atoms with Gasteiger partial charge in [-0.15, -0.1) is 11.8 Å². The Balaban J connectivity index is 1.62. The lowest BCUT2D eigenvalue weighted by atomic mass is 10.1. The second-order valence-corrected chi connectivity index (χ2v) is 10.5. The van der Waals surface area contributed by atoms with Crippen molar-refractivity contribution in [1.82, 2.24) is 4.31 Å². The molecule has 1 amide bonds. The molecule has 1 aliphatic rings. The molecule has 1 heterocycles. The maximum absolute atomic E-state index is 12.9. The van der Waals surface area contributed by atoms with Gasteiger partial charge in [0.15, 0.2) is 0 Å². The lowest BCUT2D eigenvalue weighted by Gasteiger charge is -2.26. The van der Waals surface area contributed by atoms with E-state index in [9.17, 15) is 13.2 Å². The Morgan fingerprint density at radius 2 is 1.73 bits per heavy atom. The van der Waals surface area contributed by atoms with Crippen LogP contribution < -0.4 is 5.32 Å². The summed E-state index contributed by atoms with van der Waals surface area (Å²) in [4.78, 5) is 13.8. The molecule has 1 N–H and O–H groups in total. The molecular weight excluding hydrogens is 420 g/mol. The van der Waals surface area contributed by atoms with Crippen LogP contribution in [0.3, 0.4) is 0 Å². The number of benzene rings is 2. The SMILES string of the molecule is Cc1ccc(SCCC(=O)Nc2cc(S(=O)(=O)N3CCOCC3)ccc2C)cc1C. The Morgan fingerprint density at radius 3 is 2.43 bits per heavy atom. The van der Waals surface area contributed by atoms with E-state index < -0.39 is 10.0 Å². The van der Waals surface area contributed by atoms with Crippen LogP contribution in [0.2, 0.25) is 0 Å². The van der Waals surface area contributed by atoms with Crippen molar-refractivity contribution in [3.05, 3.63) is 53.1 Å². The molecule has 0 saturated carbocycles. The Bertz CT molecular complexity index is 1020. The van der Waals surface area contributed by atoms with Crippen molar-refractivity contribution in [3.8, 4) is 0 Å². The molecule has 1 saturated heterocycles. The molecule has 0 bridgehead atoms. The van der Waals surface area contributed by atoms with Crippen LogP contribution in [-0.4, -0.2) is 50.7 Å². The zero-order valence-electron chi connectivity index (χ0n) is 17.6. The highest BCUT2D eigenvalue weighted by atomic mass is 32.2. The summed E-state index contributed by atoms with van der Waals surface area (Å²) in [5.74, 6) is 0.523. The molecule has 6 nitrogen and oxygen atoms in total. The predicted octanol–water partition coefficient (Wildman–Crippen LogP) is 3.75. The van der Waals surface area contributed by atoms with Gasteiger partial charge < -0.3 is 10.1 Å². The number of anilines is 1. The molecule has 2 aromatic carbocycles. The third-order valence-corrected chi connectivity index (χ3v) is 8.06. The minimum atomic E-state index is -3.60. The molecule has 0 spiro atoms. The summed E-state index contributed by atoms with van der Waals surface area (Å²) in [6.07, 6.45) is 0.345. The number of carbonyl (C=O) groups excluding carboxylic acids is 1. The van der Waals surface area contributed by atoms with Crippen molar-refractivity contribution >= 4 is 33.4 Å². The average Bonchev–Trinajstić information content (AvgIpc) is 2.73. The van der Waals surface area contributed by atoms with Gasteiger partial charge in [-0.1, -0.05) is 12.1 Å². The van der Waals surface area contributed by atoms with Crippen LogP contribution in [0.25, 0.3) is 0 Å². The average molecular weight is 449 g/mol. The topological polar surface area (TPSA) is 75.7 Å². The quantitative estimate of drug-likeness (QED) is 0.653. The fourth-order valence-corrected chi connectivity index (χ4v) is 5.49. The summed E-state index contributed by atoms with van der Waals surface area (Å²) in [7, 11) is -3.60. The summed E-state index contributed by atoms with van der Waals surface area (Å²) in [6.45, 7) is 7.48. The minimum Gasteiger partial charge on any atom is -0.379 e. The lowest BCUT2D eigenvalue weighted by molar-refractivity contribution is -0.115. The third-order valence-electron chi connectivity index (χ3n) is 5.17. The van der Waals surface area contributed by atoms with Crippen molar-refractivity contribution in [2.75, 3.05) is 37.4 Å². The first kappa shape index (κ1) is 22.8. The second-order valence-electron chi connectivity index (χ2n) is 7.39. The Hall–Kier alpha value is -1.87. The van der Waals surface area contributed by atoms with Gasteiger partial charge in [0.1, 0.15) is 0 Å². The van der Waals surface area contributed by atoms with Gasteiger partial charge in [0.25, 0.3) is 0 Å². The summed E-state index contributed by atoms with van der Waals surface area (Å²) in [5.41, 5.74) is 3.84. The van der Waals surface area contributed by atoms with Crippen molar-refractivity contribution in [3.63, 3.8) is 0 Å². The molecule has 0 aliphatic carbocycles. The van der Waals surface area contributed by atoms with Crippen molar-refractivity contribution in [1.29, 1.82) is 0 Å². The highest BCUT2D eigenvalue weighted by molar-refractivity contribution is 7.99. The number of nitrogens with zero attached hydrogens (tertiary/aromatic N) is 1. The van der Waals surface area contributed by atoms with Crippen molar-refractivity contribution in [2.24, 2.45) is 0 Å². The monoisotopic (exact) mass is 448 g/mol. The maximum Gasteiger partial charge on any atom is 0.243 e. The van der Waals surface area contributed by atoms with Gasteiger partial charge in [-0.25, -0.2) is 8.42 Å². The van der Waals surface area contributed by atoms with Crippen LogP contribution in [-0.2, 0) is 19.6 Å². The summed E-state index contributed by atoms with van der Waals surface area (Å²) in [6, 6.07) is 11.1. The van der Waals surface area contributed by atoms with E-state index >= 15 is 0 Å². The minimum absolute atomic E-state index is 0.129. The fraction of sp³-hybridized carbons (Fsp3) is 0.409. The molecule has 8 heteroatoms. The number of morpholine rings is 1. The number of aryl methyl sites for hydroxylation is 3. The Morgan fingerprint density at radius 1 is 1.03 bits per heavy atom. The third kappa shape index (κ3) is 5.63. The van der Waals surface area contributed by atoms with Gasteiger partial charge in [0, 0.05) is 35.8 Å². The zero-order valence-corrected chi connectivity index (χ0v) is 19.2. The highest BCUT2D eigenvalue weighted by Crippen LogP contribution is 2.25. The lowest BCUT2D eigenvalue weighted by Crippen LogP contribution is -2.40. The highest BCUT2D eigenvalue weighted by Gasteiger charge is 2.26. The molecule has 0 atom stereocenters. The fourth-order valence-electron chi connectivity index (χ4n) is 3.11. The number of thioether (sulfide) groups is 1. The van der Waals surface area contributed by atoms with Crippen LogP contribution in [0.4, 0.5) is 5.69 Å². The van der Waals surface area contributed by atoms with Crippen LogP contribution in [0, 0.1) is 20.8 Å². The van der Waals surface area contributed by atoms with Gasteiger partial charge in [0.2, 0.25) is 15.9 Å². The first-order valence-corrected chi connectivity index (χ1v) is 12.4. The van der Waals surface area contributed by atoms with Crippen LogP contribution >= 0.6 is 11.8 Å². The van der Waals surface area contributed by atoms with Gasteiger partial charge in [-0.05, 0) is 61.7 Å². The van der Waals surface area contributed by atoms with E-state index in [0.29, 0.717) is 44.2 Å². The summed E-state index contributed by atoms with van der Waals surface area (Å²) >= 11 is 1.64. The van der Waals surface area contributed by atoms with Gasteiger partial charge in [-0.2, -0.15) is 4.31 Å². The van der Waals surface area contributed by atoms with E-state index in [2.05, 4.69) is 37.4 Å². The predicted molar refractivity (Wildman–Crippen MR) is 121 cm³/mol. The normalized spacial score (nSPS) is 15.2. The standard InChI is InChI=1S/C22H28N2O4S2/c1-16-4-6-19(14-18(16)3)29-13-8-22(25)23-21-15-20(7-5-17(21)2)30(26,27)24-9-11-28-12-10-24/h4-7,14-15H,8-13H2,1-3H3,(H,23,25). The molecule has 0 unspecified atom stereocenters. The summed E-state index contributed by atoms with van der Waals surface area (Å²) in [5, 5.41) is 2.87. The zero-order chi connectivity index (χ0) is 21.7. The first-order chi connectivity index (χ1) is 14.3.